The summed E-state index contributed by atoms with van der Waals surface area (Å²) in [6.45, 7) is 10.1. The summed E-state index contributed by atoms with van der Waals surface area (Å²) >= 11 is 0. The molecule has 0 amide bonds. The molecule has 0 saturated carbocycles. The van der Waals surface area contributed by atoms with Crippen molar-refractivity contribution < 1.29 is 0 Å². The largest absolute Gasteiger partial charge is 0.314 e. The Morgan fingerprint density at radius 2 is 2.10 bits per heavy atom. The smallest absolute Gasteiger partial charge is 0.147 e. The lowest BCUT2D eigenvalue weighted by atomic mass is 9.90. The van der Waals surface area contributed by atoms with E-state index in [-0.39, 0.29) is 0 Å². The predicted octanol–water partition coefficient (Wildman–Crippen LogP) is 1.82. The molecule has 21 heavy (non-hydrogen) atoms. The van der Waals surface area contributed by atoms with Crippen LogP contribution in [-0.4, -0.2) is 45.3 Å². The molecule has 0 aromatic carbocycles. The molecular formula is C16H29N5. The van der Waals surface area contributed by atoms with Gasteiger partial charge in [0.15, 0.2) is 0 Å². The fourth-order valence-electron chi connectivity index (χ4n) is 3.88. The highest BCUT2D eigenvalue weighted by molar-refractivity contribution is 4.99. The van der Waals surface area contributed by atoms with E-state index in [1.807, 2.05) is 0 Å². The second-order valence-electron chi connectivity index (χ2n) is 6.50. The zero-order chi connectivity index (χ0) is 14.7. The topological polar surface area (TPSA) is 46.0 Å². The van der Waals surface area contributed by atoms with Gasteiger partial charge in [0, 0.05) is 32.1 Å². The van der Waals surface area contributed by atoms with Crippen molar-refractivity contribution in [2.24, 2.45) is 5.92 Å². The maximum atomic E-state index is 4.45. The molecule has 0 bridgehead atoms. The number of nitrogens with one attached hydrogen (secondary N) is 1. The maximum Gasteiger partial charge on any atom is 0.147 e. The van der Waals surface area contributed by atoms with Crippen LogP contribution in [0.5, 0.6) is 0 Å². The summed E-state index contributed by atoms with van der Waals surface area (Å²) in [4.78, 5) is 2.58. The number of aryl methyl sites for hydroxylation is 1. The molecule has 0 spiro atoms. The molecule has 5 heteroatoms. The number of likely N-dealkylation sites (tertiary alicyclic amines) is 1. The molecule has 3 heterocycles. The van der Waals surface area contributed by atoms with E-state index in [9.17, 15) is 0 Å². The number of rotatable bonds is 5. The Bertz CT molecular complexity index is 456. The molecule has 1 N–H and O–H groups in total. The van der Waals surface area contributed by atoms with Gasteiger partial charge in [0.25, 0.3) is 0 Å². The van der Waals surface area contributed by atoms with Crippen molar-refractivity contribution >= 4 is 0 Å². The van der Waals surface area contributed by atoms with Crippen LogP contribution in [-0.2, 0) is 19.5 Å². The number of nitrogens with zero attached hydrogens (tertiary/aromatic N) is 4. The van der Waals surface area contributed by atoms with Gasteiger partial charge >= 0.3 is 0 Å². The Morgan fingerprint density at radius 3 is 2.90 bits per heavy atom. The first-order valence-electron chi connectivity index (χ1n) is 8.68. The maximum absolute atomic E-state index is 4.45. The number of hydrogen-bond acceptors (Lipinski definition) is 4. The molecule has 1 fully saturated rings. The lowest BCUT2D eigenvalue weighted by Crippen LogP contribution is -2.49. The molecule has 1 aromatic heterocycles. The van der Waals surface area contributed by atoms with Crippen LogP contribution < -0.4 is 5.32 Å². The fraction of sp³-hybridized carbons (Fsp3) is 0.875. The third-order valence-corrected chi connectivity index (χ3v) is 5.11. The van der Waals surface area contributed by atoms with Crippen LogP contribution in [0.15, 0.2) is 0 Å². The number of aromatic nitrogens is 3. The van der Waals surface area contributed by atoms with Crippen molar-refractivity contribution in [1.29, 1.82) is 0 Å². The van der Waals surface area contributed by atoms with Crippen molar-refractivity contribution in [3.05, 3.63) is 11.6 Å². The van der Waals surface area contributed by atoms with Gasteiger partial charge in [-0.2, -0.15) is 0 Å². The molecule has 2 aliphatic rings. The fourth-order valence-corrected chi connectivity index (χ4v) is 3.88. The first-order chi connectivity index (χ1) is 10.3. The van der Waals surface area contributed by atoms with Gasteiger partial charge in [-0.3, -0.25) is 4.90 Å². The van der Waals surface area contributed by atoms with Crippen LogP contribution in [0.3, 0.4) is 0 Å². The van der Waals surface area contributed by atoms with Gasteiger partial charge in [0.05, 0.1) is 6.54 Å². The van der Waals surface area contributed by atoms with Gasteiger partial charge < -0.3 is 9.88 Å². The summed E-state index contributed by atoms with van der Waals surface area (Å²) in [5, 5.41) is 12.5. The highest BCUT2D eigenvalue weighted by Gasteiger charge is 2.28. The third kappa shape index (κ3) is 3.29. The molecule has 5 nitrogen and oxygen atoms in total. The zero-order valence-electron chi connectivity index (χ0n) is 13.5. The minimum absolute atomic E-state index is 0.698. The van der Waals surface area contributed by atoms with Crippen LogP contribution in [0.1, 0.15) is 51.2 Å². The normalized spacial score (nSPS) is 26.8. The van der Waals surface area contributed by atoms with Crippen LogP contribution in [0.4, 0.5) is 0 Å². The van der Waals surface area contributed by atoms with Gasteiger partial charge in [-0.1, -0.05) is 20.3 Å². The molecule has 2 aliphatic heterocycles. The minimum Gasteiger partial charge on any atom is -0.314 e. The van der Waals surface area contributed by atoms with E-state index in [4.69, 9.17) is 0 Å². The number of piperidine rings is 1. The Labute approximate surface area is 128 Å². The standard InChI is InChI=1S/C16H29N5/c1-3-13-11-20(10-8-14(13)17-4-2)12-16-19-18-15-7-5-6-9-21(15)16/h13-14,17H,3-12H2,1-2H3. The Morgan fingerprint density at radius 1 is 1.19 bits per heavy atom. The summed E-state index contributed by atoms with van der Waals surface area (Å²) < 4.78 is 2.36. The second kappa shape index (κ2) is 6.88. The van der Waals surface area contributed by atoms with Gasteiger partial charge in [-0.15, -0.1) is 10.2 Å². The lowest BCUT2D eigenvalue weighted by molar-refractivity contribution is 0.125. The van der Waals surface area contributed by atoms with Crippen molar-refractivity contribution in [3.63, 3.8) is 0 Å². The van der Waals surface area contributed by atoms with Crippen LogP contribution >= 0.6 is 0 Å². The van der Waals surface area contributed by atoms with E-state index in [0.29, 0.717) is 6.04 Å². The van der Waals surface area contributed by atoms with E-state index < -0.39 is 0 Å². The van der Waals surface area contributed by atoms with Crippen LogP contribution in [0.25, 0.3) is 0 Å². The van der Waals surface area contributed by atoms with E-state index in [1.165, 1.54) is 50.4 Å². The molecule has 1 aromatic rings. The Balaban J connectivity index is 1.62. The summed E-state index contributed by atoms with van der Waals surface area (Å²) in [7, 11) is 0. The SMILES string of the molecule is CCNC1CCN(Cc2nnc3n2CCCC3)CC1CC. The van der Waals surface area contributed by atoms with E-state index >= 15 is 0 Å². The Hall–Kier alpha value is -0.940. The molecule has 118 valence electrons. The highest BCUT2D eigenvalue weighted by atomic mass is 15.3. The molecule has 2 atom stereocenters. The van der Waals surface area contributed by atoms with Crippen molar-refractivity contribution in [3.8, 4) is 0 Å². The molecule has 1 saturated heterocycles. The molecule has 3 rings (SSSR count). The first kappa shape index (κ1) is 15.0. The number of hydrogen-bond donors (Lipinski definition) is 1. The van der Waals surface area contributed by atoms with Gasteiger partial charge in [0.2, 0.25) is 0 Å². The van der Waals surface area contributed by atoms with E-state index in [1.54, 1.807) is 0 Å². The predicted molar refractivity (Wildman–Crippen MR) is 84.1 cm³/mol. The van der Waals surface area contributed by atoms with Gasteiger partial charge in [-0.25, -0.2) is 0 Å². The third-order valence-electron chi connectivity index (χ3n) is 5.11. The molecular weight excluding hydrogens is 262 g/mol. The van der Waals surface area contributed by atoms with Crippen LogP contribution in [0, 0.1) is 5.92 Å². The van der Waals surface area contributed by atoms with Crippen molar-refractivity contribution in [1.82, 2.24) is 25.0 Å². The van der Waals surface area contributed by atoms with E-state index in [2.05, 4.69) is 38.8 Å². The van der Waals surface area contributed by atoms with Gasteiger partial charge in [-0.05, 0) is 31.7 Å². The highest BCUT2D eigenvalue weighted by Crippen LogP contribution is 2.22. The summed E-state index contributed by atoms with van der Waals surface area (Å²) in [6.07, 6.45) is 6.16. The average Bonchev–Trinajstić information content (AvgIpc) is 2.92. The zero-order valence-corrected chi connectivity index (χ0v) is 13.5. The van der Waals surface area contributed by atoms with Crippen molar-refractivity contribution in [2.45, 2.75) is 65.1 Å². The Kier molecular flexibility index (Phi) is 4.91. The minimum atomic E-state index is 0.698. The van der Waals surface area contributed by atoms with Crippen LogP contribution in [0.2, 0.25) is 0 Å². The van der Waals surface area contributed by atoms with E-state index in [0.717, 1.165) is 32.0 Å². The summed E-state index contributed by atoms with van der Waals surface area (Å²) in [5.74, 6) is 3.15. The first-order valence-corrected chi connectivity index (χ1v) is 8.68. The van der Waals surface area contributed by atoms with Gasteiger partial charge in [0.1, 0.15) is 11.6 Å². The number of fused-ring (bicyclic) bond motifs is 1. The molecule has 0 radical (unpaired) electrons. The lowest BCUT2D eigenvalue weighted by Gasteiger charge is -2.38. The quantitative estimate of drug-likeness (QED) is 0.899. The monoisotopic (exact) mass is 291 g/mol. The molecule has 2 unspecified atom stereocenters. The van der Waals surface area contributed by atoms with Crippen molar-refractivity contribution in [2.75, 3.05) is 19.6 Å². The second-order valence-corrected chi connectivity index (χ2v) is 6.50. The average molecular weight is 291 g/mol. The molecule has 0 aliphatic carbocycles. The summed E-state index contributed by atoms with van der Waals surface area (Å²) in [6, 6.07) is 0.698. The summed E-state index contributed by atoms with van der Waals surface area (Å²) in [5.41, 5.74) is 0.